The molecule has 10 heteroatoms. The Labute approximate surface area is 187 Å². The van der Waals surface area contributed by atoms with E-state index in [9.17, 15) is 18.0 Å². The van der Waals surface area contributed by atoms with Crippen molar-refractivity contribution in [1.29, 1.82) is 5.26 Å². The summed E-state index contributed by atoms with van der Waals surface area (Å²) in [6.45, 7) is 2.21. The Morgan fingerprint density at radius 2 is 1.84 bits per heavy atom. The van der Waals surface area contributed by atoms with E-state index < -0.39 is 10.0 Å². The van der Waals surface area contributed by atoms with Gasteiger partial charge in [0.2, 0.25) is 5.91 Å². The molecule has 2 amide bonds. The zero-order valence-electron chi connectivity index (χ0n) is 17.9. The first-order valence-electron chi connectivity index (χ1n) is 9.94. The molecule has 3 N–H and O–H groups in total. The predicted molar refractivity (Wildman–Crippen MR) is 120 cm³/mol. The van der Waals surface area contributed by atoms with Crippen LogP contribution in [0.3, 0.4) is 0 Å². The van der Waals surface area contributed by atoms with Gasteiger partial charge in [-0.2, -0.15) is 5.26 Å². The van der Waals surface area contributed by atoms with E-state index in [1.807, 2.05) is 13.0 Å². The second kappa shape index (κ2) is 11.7. The van der Waals surface area contributed by atoms with Crippen LogP contribution in [-0.2, 0) is 14.8 Å². The number of ether oxygens (including phenoxy) is 1. The third kappa shape index (κ3) is 7.59. The predicted octanol–water partition coefficient (Wildman–Crippen LogP) is 2.28. The molecular formula is C22H26N4O5S. The highest BCUT2D eigenvalue weighted by Gasteiger charge is 2.16. The van der Waals surface area contributed by atoms with Crippen molar-refractivity contribution < 1.29 is 22.7 Å². The van der Waals surface area contributed by atoms with E-state index >= 15 is 0 Å². The number of sulfonamides is 1. The van der Waals surface area contributed by atoms with Gasteiger partial charge in [0.25, 0.3) is 15.9 Å². The van der Waals surface area contributed by atoms with Gasteiger partial charge in [0.05, 0.1) is 18.1 Å². The third-order valence-corrected chi connectivity index (χ3v) is 5.97. The number of hydrogen-bond acceptors (Lipinski definition) is 6. The summed E-state index contributed by atoms with van der Waals surface area (Å²) in [7, 11) is -2.33. The molecule has 0 aliphatic heterocycles. The van der Waals surface area contributed by atoms with Gasteiger partial charge in [-0.25, -0.2) is 8.42 Å². The lowest BCUT2D eigenvalue weighted by Gasteiger charge is -2.12. The average Bonchev–Trinajstić information content (AvgIpc) is 2.77. The zero-order valence-corrected chi connectivity index (χ0v) is 18.7. The van der Waals surface area contributed by atoms with Crippen LogP contribution >= 0.6 is 0 Å². The molecule has 0 saturated carbocycles. The molecule has 0 saturated heterocycles. The van der Waals surface area contributed by atoms with Gasteiger partial charge >= 0.3 is 0 Å². The molecule has 2 rings (SSSR count). The second-order valence-corrected chi connectivity index (χ2v) is 8.83. The van der Waals surface area contributed by atoms with E-state index in [4.69, 9.17) is 10.00 Å². The topological polar surface area (TPSA) is 137 Å². The van der Waals surface area contributed by atoms with E-state index in [-0.39, 0.29) is 41.3 Å². The number of benzene rings is 2. The third-order valence-electron chi connectivity index (χ3n) is 4.57. The lowest BCUT2D eigenvalue weighted by atomic mass is 10.0. The van der Waals surface area contributed by atoms with E-state index in [1.165, 1.54) is 25.3 Å². The van der Waals surface area contributed by atoms with Gasteiger partial charge in [-0.15, -0.1) is 0 Å². The summed E-state index contributed by atoms with van der Waals surface area (Å²) >= 11 is 0. The molecule has 32 heavy (non-hydrogen) atoms. The number of anilines is 1. The van der Waals surface area contributed by atoms with Crippen molar-refractivity contribution in [3.8, 4) is 11.8 Å². The van der Waals surface area contributed by atoms with Crippen LogP contribution in [0.1, 0.15) is 30.1 Å². The number of nitriles is 1. The van der Waals surface area contributed by atoms with Gasteiger partial charge < -0.3 is 15.4 Å². The van der Waals surface area contributed by atoms with Crippen LogP contribution in [0.5, 0.6) is 5.75 Å². The number of hydrogen-bond donors (Lipinski definition) is 3. The smallest absolute Gasteiger partial charge is 0.261 e. The molecule has 0 radical (unpaired) electrons. The average molecular weight is 459 g/mol. The molecule has 0 bridgehead atoms. The largest absolute Gasteiger partial charge is 0.497 e. The van der Waals surface area contributed by atoms with Crippen LogP contribution in [0.15, 0.2) is 53.4 Å². The minimum absolute atomic E-state index is 0.0247. The number of nitrogens with one attached hydrogen (secondary N) is 3. The number of nitrogens with zero attached hydrogens (tertiary/aromatic N) is 1. The van der Waals surface area contributed by atoms with Crippen LogP contribution in [0.2, 0.25) is 0 Å². The molecule has 0 spiro atoms. The molecule has 0 aromatic heterocycles. The number of carbonyl (C=O) groups excluding carboxylic acids is 2. The first-order valence-corrected chi connectivity index (χ1v) is 11.4. The van der Waals surface area contributed by atoms with Crippen molar-refractivity contribution in [2.45, 2.75) is 24.7 Å². The summed E-state index contributed by atoms with van der Waals surface area (Å²) < 4.78 is 32.7. The molecule has 0 heterocycles. The van der Waals surface area contributed by atoms with Gasteiger partial charge in [0, 0.05) is 24.2 Å². The fourth-order valence-electron chi connectivity index (χ4n) is 2.86. The standard InChI is InChI=1S/C22H26N4O5S/c1-16(14-21(27)24-13-11-23)10-12-25-22(28)17-4-3-5-18(15-17)26-32(29,30)20-8-6-19(31-2)7-9-20/h3-9,15-16,26H,10,12-14H2,1-2H3,(H,24,27)(H,25,28). The van der Waals surface area contributed by atoms with Crippen molar-refractivity contribution in [3.05, 3.63) is 54.1 Å². The van der Waals surface area contributed by atoms with E-state index in [2.05, 4.69) is 15.4 Å². The summed E-state index contributed by atoms with van der Waals surface area (Å²) in [4.78, 5) is 24.1. The number of amides is 2. The monoisotopic (exact) mass is 458 g/mol. The van der Waals surface area contributed by atoms with Gasteiger partial charge in [-0.3, -0.25) is 14.3 Å². The van der Waals surface area contributed by atoms with Gasteiger partial charge in [-0.05, 0) is 54.8 Å². The first kappa shape index (κ1) is 24.7. The van der Waals surface area contributed by atoms with Gasteiger partial charge in [0.15, 0.2) is 0 Å². The fraction of sp³-hybridized carbons (Fsp3) is 0.318. The highest BCUT2D eigenvalue weighted by Crippen LogP contribution is 2.20. The minimum atomic E-state index is -3.82. The lowest BCUT2D eigenvalue weighted by molar-refractivity contribution is -0.121. The molecule has 1 atom stereocenters. The normalized spacial score (nSPS) is 11.7. The molecule has 170 valence electrons. The molecule has 0 fully saturated rings. The van der Waals surface area contributed by atoms with Crippen molar-refractivity contribution in [2.75, 3.05) is 24.9 Å². The van der Waals surface area contributed by atoms with Crippen LogP contribution in [0.4, 0.5) is 5.69 Å². The maximum Gasteiger partial charge on any atom is 0.261 e. The van der Waals surface area contributed by atoms with E-state index in [0.29, 0.717) is 24.3 Å². The SMILES string of the molecule is COc1ccc(S(=O)(=O)Nc2cccc(C(=O)NCCC(C)CC(=O)NCC#N)c2)cc1. The summed E-state index contributed by atoms with van der Waals surface area (Å²) in [6, 6.07) is 14.0. The quantitative estimate of drug-likeness (QED) is 0.442. The molecule has 0 aliphatic carbocycles. The summed E-state index contributed by atoms with van der Waals surface area (Å²) in [6.07, 6.45) is 0.843. The summed E-state index contributed by atoms with van der Waals surface area (Å²) in [5.74, 6) is 0.00946. The lowest BCUT2D eigenvalue weighted by Crippen LogP contribution is -2.28. The van der Waals surface area contributed by atoms with Crippen molar-refractivity contribution in [2.24, 2.45) is 5.92 Å². The highest BCUT2D eigenvalue weighted by molar-refractivity contribution is 7.92. The van der Waals surface area contributed by atoms with Crippen LogP contribution < -0.4 is 20.1 Å². The number of methoxy groups -OCH3 is 1. The summed E-state index contributed by atoms with van der Waals surface area (Å²) in [5, 5.41) is 13.7. The maximum atomic E-state index is 12.6. The van der Waals surface area contributed by atoms with Gasteiger partial charge in [0.1, 0.15) is 12.3 Å². The van der Waals surface area contributed by atoms with Crippen molar-refractivity contribution in [1.82, 2.24) is 10.6 Å². The second-order valence-electron chi connectivity index (χ2n) is 7.15. The van der Waals surface area contributed by atoms with Crippen LogP contribution in [0, 0.1) is 17.2 Å². The molecule has 2 aromatic rings. The molecular weight excluding hydrogens is 432 g/mol. The van der Waals surface area contributed by atoms with E-state index in [0.717, 1.165) is 0 Å². The van der Waals surface area contributed by atoms with E-state index in [1.54, 1.807) is 30.3 Å². The van der Waals surface area contributed by atoms with Crippen LogP contribution in [-0.4, -0.2) is 40.4 Å². The summed E-state index contributed by atoms with van der Waals surface area (Å²) in [5.41, 5.74) is 0.565. The fourth-order valence-corrected chi connectivity index (χ4v) is 3.91. The Hall–Kier alpha value is -3.58. The van der Waals surface area contributed by atoms with Crippen molar-refractivity contribution in [3.63, 3.8) is 0 Å². The van der Waals surface area contributed by atoms with Crippen molar-refractivity contribution >= 4 is 27.5 Å². The maximum absolute atomic E-state index is 12.6. The molecule has 2 aromatic carbocycles. The Bertz CT molecular complexity index is 1080. The number of carbonyl (C=O) groups is 2. The Balaban J connectivity index is 1.92. The molecule has 0 aliphatic rings. The molecule has 1 unspecified atom stereocenters. The zero-order chi connectivity index (χ0) is 23.6. The highest BCUT2D eigenvalue weighted by atomic mass is 32.2. The first-order chi connectivity index (χ1) is 15.2. The minimum Gasteiger partial charge on any atom is -0.497 e. The van der Waals surface area contributed by atoms with Gasteiger partial charge in [-0.1, -0.05) is 13.0 Å². The Kier molecular flexibility index (Phi) is 9.04. The Morgan fingerprint density at radius 3 is 2.50 bits per heavy atom. The molecule has 9 nitrogen and oxygen atoms in total. The van der Waals surface area contributed by atoms with Crippen LogP contribution in [0.25, 0.3) is 0 Å². The Morgan fingerprint density at radius 1 is 1.12 bits per heavy atom. The number of rotatable bonds is 11.